The van der Waals surface area contributed by atoms with Crippen molar-refractivity contribution in [2.75, 3.05) is 4.90 Å². The summed E-state index contributed by atoms with van der Waals surface area (Å²) >= 11 is 0. The lowest BCUT2D eigenvalue weighted by atomic mass is 9.85. The Labute approximate surface area is 158 Å². The fraction of sp³-hybridized carbons (Fsp3) is 0.500. The van der Waals surface area contributed by atoms with Gasteiger partial charge in [-0.3, -0.25) is 19.3 Å². The molecule has 3 amide bonds. The van der Waals surface area contributed by atoms with Crippen molar-refractivity contribution in [2.24, 2.45) is 23.7 Å². The molecule has 1 heterocycles. The lowest BCUT2D eigenvalue weighted by Crippen LogP contribution is -2.36. The van der Waals surface area contributed by atoms with Crippen LogP contribution in [0.5, 0.6) is 0 Å². The van der Waals surface area contributed by atoms with E-state index in [1.54, 1.807) is 24.3 Å². The maximum Gasteiger partial charge on any atom is 0.251 e. The fourth-order valence-electron chi connectivity index (χ4n) is 5.43. The smallest absolute Gasteiger partial charge is 0.251 e. The zero-order valence-corrected chi connectivity index (χ0v) is 15.3. The molecule has 0 unspecified atom stereocenters. The molecule has 0 spiro atoms. The molecule has 1 N–H and O–H groups in total. The van der Waals surface area contributed by atoms with E-state index in [-0.39, 0.29) is 47.4 Å². The van der Waals surface area contributed by atoms with E-state index in [2.05, 4.69) is 17.5 Å². The Balaban J connectivity index is 1.31. The second-order valence-electron chi connectivity index (χ2n) is 8.37. The molecule has 4 aliphatic rings. The Morgan fingerprint density at radius 2 is 1.48 bits per heavy atom. The molecule has 2 bridgehead atoms. The minimum atomic E-state index is -0.193. The Morgan fingerprint density at radius 3 is 2.07 bits per heavy atom. The SMILES string of the molecule is O=C(NC1CCCCC1)c1ccc(N2C(=O)[C@@H]3[C@H](C2=O)[C@@H]2C=C[C@@H]3C2)cc1. The maximum absolute atomic E-state index is 12.9. The van der Waals surface area contributed by atoms with Gasteiger partial charge in [-0.15, -0.1) is 0 Å². The van der Waals surface area contributed by atoms with Crippen LogP contribution in [0.15, 0.2) is 36.4 Å². The summed E-state index contributed by atoms with van der Waals surface area (Å²) in [5, 5.41) is 3.10. The summed E-state index contributed by atoms with van der Waals surface area (Å²) in [6, 6.07) is 7.14. The van der Waals surface area contributed by atoms with Crippen molar-refractivity contribution in [3.05, 3.63) is 42.0 Å². The molecule has 3 fully saturated rings. The topological polar surface area (TPSA) is 66.5 Å². The van der Waals surface area contributed by atoms with E-state index >= 15 is 0 Å². The minimum Gasteiger partial charge on any atom is -0.349 e. The lowest BCUT2D eigenvalue weighted by molar-refractivity contribution is -0.123. The van der Waals surface area contributed by atoms with Gasteiger partial charge in [-0.2, -0.15) is 0 Å². The first-order chi connectivity index (χ1) is 13.1. The molecule has 5 rings (SSSR count). The van der Waals surface area contributed by atoms with Gasteiger partial charge in [0.2, 0.25) is 11.8 Å². The predicted molar refractivity (Wildman–Crippen MR) is 101 cm³/mol. The van der Waals surface area contributed by atoms with Gasteiger partial charge in [0, 0.05) is 11.6 Å². The van der Waals surface area contributed by atoms with E-state index in [0.29, 0.717) is 11.3 Å². The number of allylic oxidation sites excluding steroid dienone is 2. The van der Waals surface area contributed by atoms with Crippen LogP contribution in [0.25, 0.3) is 0 Å². The molecule has 2 saturated carbocycles. The van der Waals surface area contributed by atoms with E-state index < -0.39 is 0 Å². The van der Waals surface area contributed by atoms with Crippen molar-refractivity contribution < 1.29 is 14.4 Å². The van der Waals surface area contributed by atoms with Gasteiger partial charge in [0.25, 0.3) is 5.91 Å². The van der Waals surface area contributed by atoms with Gasteiger partial charge >= 0.3 is 0 Å². The van der Waals surface area contributed by atoms with Gasteiger partial charge in [0.15, 0.2) is 0 Å². The number of anilines is 1. The molecular weight excluding hydrogens is 340 g/mol. The number of hydrogen-bond donors (Lipinski definition) is 1. The third-order valence-electron chi connectivity index (χ3n) is 6.80. The van der Waals surface area contributed by atoms with E-state index in [1.807, 2.05) is 0 Å². The molecule has 1 saturated heterocycles. The summed E-state index contributed by atoms with van der Waals surface area (Å²) < 4.78 is 0. The standard InChI is InChI=1S/C22H24N2O3/c25-20(23-16-4-2-1-3-5-16)13-8-10-17(11-9-13)24-21(26)18-14-6-7-15(12-14)19(18)22(24)27/h6-11,14-16,18-19H,1-5,12H2,(H,23,25)/t14-,15-,18-,19+/m1/s1. The fourth-order valence-corrected chi connectivity index (χ4v) is 5.43. The Bertz CT molecular complexity index is 792. The Hall–Kier alpha value is -2.43. The number of imide groups is 1. The highest BCUT2D eigenvalue weighted by atomic mass is 16.2. The Kier molecular flexibility index (Phi) is 3.92. The molecule has 1 aromatic carbocycles. The molecule has 27 heavy (non-hydrogen) atoms. The van der Waals surface area contributed by atoms with Gasteiger partial charge in [-0.1, -0.05) is 31.4 Å². The number of carbonyl (C=O) groups is 3. The zero-order valence-electron chi connectivity index (χ0n) is 15.3. The molecule has 5 nitrogen and oxygen atoms in total. The third-order valence-corrected chi connectivity index (χ3v) is 6.80. The number of carbonyl (C=O) groups excluding carboxylic acids is 3. The minimum absolute atomic E-state index is 0.0772. The number of nitrogens with zero attached hydrogens (tertiary/aromatic N) is 1. The number of amides is 3. The summed E-state index contributed by atoms with van der Waals surface area (Å²) in [5.74, 6) is -0.207. The summed E-state index contributed by atoms with van der Waals surface area (Å²) in [4.78, 5) is 39.5. The van der Waals surface area contributed by atoms with Gasteiger partial charge < -0.3 is 5.32 Å². The highest BCUT2D eigenvalue weighted by Crippen LogP contribution is 2.53. The summed E-state index contributed by atoms with van der Waals surface area (Å²) in [6.07, 6.45) is 10.8. The number of rotatable bonds is 3. The van der Waals surface area contributed by atoms with Crippen LogP contribution in [0.3, 0.4) is 0 Å². The van der Waals surface area contributed by atoms with Crippen LogP contribution in [0, 0.1) is 23.7 Å². The zero-order chi connectivity index (χ0) is 18.5. The summed E-state index contributed by atoms with van der Waals surface area (Å²) in [7, 11) is 0. The normalized spacial score (nSPS) is 32.2. The molecule has 1 aliphatic heterocycles. The van der Waals surface area contributed by atoms with E-state index in [4.69, 9.17) is 0 Å². The second kappa shape index (κ2) is 6.32. The first kappa shape index (κ1) is 16.7. The van der Waals surface area contributed by atoms with Gasteiger partial charge in [0.05, 0.1) is 17.5 Å². The lowest BCUT2D eigenvalue weighted by Gasteiger charge is -2.23. The van der Waals surface area contributed by atoms with E-state index in [9.17, 15) is 14.4 Å². The van der Waals surface area contributed by atoms with Crippen molar-refractivity contribution in [2.45, 2.75) is 44.6 Å². The molecule has 0 aromatic heterocycles. The van der Waals surface area contributed by atoms with Crippen LogP contribution in [0.4, 0.5) is 5.69 Å². The largest absolute Gasteiger partial charge is 0.349 e. The molecule has 140 valence electrons. The van der Waals surface area contributed by atoms with Crippen molar-refractivity contribution in [1.82, 2.24) is 5.32 Å². The average Bonchev–Trinajstić information content (AvgIpc) is 3.37. The van der Waals surface area contributed by atoms with Crippen molar-refractivity contribution >= 4 is 23.4 Å². The summed E-state index contributed by atoms with van der Waals surface area (Å²) in [5.41, 5.74) is 1.15. The molecule has 4 atom stereocenters. The van der Waals surface area contributed by atoms with Gasteiger partial charge in [-0.25, -0.2) is 0 Å². The highest BCUT2D eigenvalue weighted by molar-refractivity contribution is 6.22. The van der Waals surface area contributed by atoms with Crippen molar-refractivity contribution in [3.63, 3.8) is 0 Å². The summed E-state index contributed by atoms with van der Waals surface area (Å²) in [6.45, 7) is 0. The van der Waals surface area contributed by atoms with Crippen molar-refractivity contribution in [1.29, 1.82) is 0 Å². The van der Waals surface area contributed by atoms with Crippen LogP contribution in [0.1, 0.15) is 48.9 Å². The molecule has 1 aromatic rings. The van der Waals surface area contributed by atoms with Crippen LogP contribution >= 0.6 is 0 Å². The molecule has 5 heteroatoms. The van der Waals surface area contributed by atoms with Gasteiger partial charge in [-0.05, 0) is 55.4 Å². The van der Waals surface area contributed by atoms with Gasteiger partial charge in [0.1, 0.15) is 0 Å². The van der Waals surface area contributed by atoms with E-state index in [1.165, 1.54) is 24.2 Å². The highest BCUT2D eigenvalue weighted by Gasteiger charge is 2.59. The van der Waals surface area contributed by atoms with Crippen LogP contribution in [-0.4, -0.2) is 23.8 Å². The molecule has 3 aliphatic carbocycles. The average molecular weight is 364 g/mol. The quantitative estimate of drug-likeness (QED) is 0.662. The Morgan fingerprint density at radius 1 is 0.889 bits per heavy atom. The van der Waals surface area contributed by atoms with Crippen LogP contribution in [0.2, 0.25) is 0 Å². The first-order valence-corrected chi connectivity index (χ1v) is 10.1. The van der Waals surface area contributed by atoms with Crippen LogP contribution < -0.4 is 10.2 Å². The number of hydrogen-bond acceptors (Lipinski definition) is 3. The first-order valence-electron chi connectivity index (χ1n) is 10.1. The third kappa shape index (κ3) is 2.63. The monoisotopic (exact) mass is 364 g/mol. The molecule has 0 radical (unpaired) electrons. The van der Waals surface area contributed by atoms with Crippen LogP contribution in [-0.2, 0) is 9.59 Å². The maximum atomic E-state index is 12.9. The number of nitrogens with one attached hydrogen (secondary N) is 1. The molecular formula is C22H24N2O3. The number of benzene rings is 1. The van der Waals surface area contributed by atoms with Crippen molar-refractivity contribution in [3.8, 4) is 0 Å². The van der Waals surface area contributed by atoms with E-state index in [0.717, 1.165) is 19.3 Å². The predicted octanol–water partition coefficient (Wildman–Crippen LogP) is 3.06. The second-order valence-corrected chi connectivity index (χ2v) is 8.37. The number of fused-ring (bicyclic) bond motifs is 5.